The van der Waals surface area contributed by atoms with Crippen LogP contribution >= 0.6 is 0 Å². The minimum Gasteiger partial charge on any atom is -0.486 e. The largest absolute Gasteiger partial charge is 0.486 e. The lowest BCUT2D eigenvalue weighted by molar-refractivity contribution is -0.155. The Balaban J connectivity index is 1.63. The van der Waals surface area contributed by atoms with E-state index in [0.717, 1.165) is 0 Å². The molecule has 32 heavy (non-hydrogen) atoms. The number of nitrogens with one attached hydrogen (secondary N) is 2. The molecule has 1 heterocycles. The van der Waals surface area contributed by atoms with E-state index < -0.39 is 40.0 Å². The van der Waals surface area contributed by atoms with Crippen molar-refractivity contribution in [1.29, 1.82) is 0 Å². The zero-order valence-electron chi connectivity index (χ0n) is 18.0. The lowest BCUT2D eigenvalue weighted by atomic mass is 10.1. The van der Waals surface area contributed by atoms with Crippen molar-refractivity contribution in [2.45, 2.75) is 37.8 Å². The van der Waals surface area contributed by atoms with E-state index in [4.69, 9.17) is 14.2 Å². The number of rotatable bonds is 8. The second-order valence-corrected chi connectivity index (χ2v) is 9.30. The summed E-state index contributed by atoms with van der Waals surface area (Å²) in [4.78, 5) is 25.2. The summed E-state index contributed by atoms with van der Waals surface area (Å²) >= 11 is 0. The van der Waals surface area contributed by atoms with E-state index in [1.54, 1.807) is 50.2 Å². The van der Waals surface area contributed by atoms with Gasteiger partial charge < -0.3 is 19.5 Å². The molecule has 172 valence electrons. The molecular weight excluding hydrogens is 436 g/mol. The summed E-state index contributed by atoms with van der Waals surface area (Å²) < 4.78 is 43.8. The second-order valence-electron chi connectivity index (χ2n) is 7.58. The average Bonchev–Trinajstić information content (AvgIpc) is 2.77. The quantitative estimate of drug-likeness (QED) is 0.578. The molecule has 0 radical (unpaired) electrons. The number of sulfonamides is 1. The molecule has 0 bridgehead atoms. The molecule has 0 spiro atoms. The molecular formula is C22H26N2O7S. The van der Waals surface area contributed by atoms with Gasteiger partial charge in [-0.3, -0.25) is 9.59 Å². The molecule has 1 amide bonds. The number of anilines is 1. The van der Waals surface area contributed by atoms with Crippen molar-refractivity contribution in [1.82, 2.24) is 4.72 Å². The smallest absolute Gasteiger partial charge is 0.325 e. The minimum absolute atomic E-state index is 0.0304. The number of esters is 1. The Bertz CT molecular complexity index is 1070. The molecule has 10 heteroatoms. The molecule has 2 aromatic rings. The fraction of sp³-hybridized carbons (Fsp3) is 0.364. The lowest BCUT2D eigenvalue weighted by Crippen LogP contribution is -2.47. The number of benzene rings is 2. The van der Waals surface area contributed by atoms with Crippen LogP contribution in [-0.2, 0) is 24.3 Å². The second kappa shape index (κ2) is 10.0. The predicted octanol–water partition coefficient (Wildman–Crippen LogP) is 2.33. The highest BCUT2D eigenvalue weighted by molar-refractivity contribution is 7.89. The zero-order valence-corrected chi connectivity index (χ0v) is 18.8. The van der Waals surface area contributed by atoms with E-state index in [-0.39, 0.29) is 4.90 Å². The molecule has 1 aliphatic rings. The molecule has 9 nitrogen and oxygen atoms in total. The van der Waals surface area contributed by atoms with Crippen LogP contribution in [0.4, 0.5) is 5.69 Å². The molecule has 2 aromatic carbocycles. The number of hydrogen-bond acceptors (Lipinski definition) is 7. The van der Waals surface area contributed by atoms with Crippen LogP contribution in [0.3, 0.4) is 0 Å². The maximum Gasteiger partial charge on any atom is 0.325 e. The van der Waals surface area contributed by atoms with Crippen molar-refractivity contribution in [2.24, 2.45) is 5.92 Å². The van der Waals surface area contributed by atoms with Gasteiger partial charge in [0.2, 0.25) is 10.0 Å². The number of fused-ring (bicyclic) bond motifs is 1. The van der Waals surface area contributed by atoms with Crippen molar-refractivity contribution in [2.75, 3.05) is 18.5 Å². The van der Waals surface area contributed by atoms with Crippen molar-refractivity contribution in [3.05, 3.63) is 48.5 Å². The summed E-state index contributed by atoms with van der Waals surface area (Å²) in [6.07, 6.45) is -1.15. The first-order chi connectivity index (χ1) is 15.2. The lowest BCUT2D eigenvalue weighted by Gasteiger charge is -2.23. The summed E-state index contributed by atoms with van der Waals surface area (Å²) in [5.41, 5.74) is 0.451. The maximum atomic E-state index is 12.7. The highest BCUT2D eigenvalue weighted by atomic mass is 32.2. The van der Waals surface area contributed by atoms with Crippen LogP contribution < -0.4 is 19.5 Å². The summed E-state index contributed by atoms with van der Waals surface area (Å²) in [6, 6.07) is 11.5. The van der Waals surface area contributed by atoms with Gasteiger partial charge in [-0.25, -0.2) is 8.42 Å². The van der Waals surface area contributed by atoms with Crippen LogP contribution in [0.25, 0.3) is 0 Å². The monoisotopic (exact) mass is 462 g/mol. The van der Waals surface area contributed by atoms with Crippen LogP contribution in [0.2, 0.25) is 0 Å². The van der Waals surface area contributed by atoms with Gasteiger partial charge in [0, 0.05) is 11.8 Å². The first-order valence-electron chi connectivity index (χ1n) is 10.2. The molecule has 0 aliphatic carbocycles. The van der Waals surface area contributed by atoms with Gasteiger partial charge in [0.15, 0.2) is 17.6 Å². The maximum absolute atomic E-state index is 12.7. The molecule has 0 saturated heterocycles. The zero-order chi connectivity index (χ0) is 23.3. The highest BCUT2D eigenvalue weighted by Gasteiger charge is 2.32. The SMILES string of the molecule is CC(OC(=O)C(NS(=O)(=O)c1ccccc1)C(C)C)C(=O)Nc1ccc2c(c1)OCCO2. The average molecular weight is 463 g/mol. The normalized spacial score (nSPS) is 15.0. The molecule has 3 rings (SSSR count). The molecule has 0 aromatic heterocycles. The van der Waals surface area contributed by atoms with Gasteiger partial charge >= 0.3 is 5.97 Å². The third-order valence-corrected chi connectivity index (χ3v) is 6.19. The van der Waals surface area contributed by atoms with E-state index in [2.05, 4.69) is 10.0 Å². The predicted molar refractivity (Wildman–Crippen MR) is 117 cm³/mol. The first kappa shape index (κ1) is 23.6. The first-order valence-corrected chi connectivity index (χ1v) is 11.6. The Labute approximate surface area is 187 Å². The van der Waals surface area contributed by atoms with Gasteiger partial charge in [-0.2, -0.15) is 4.72 Å². The van der Waals surface area contributed by atoms with E-state index in [1.165, 1.54) is 19.1 Å². The molecule has 2 atom stereocenters. The van der Waals surface area contributed by atoms with Gasteiger partial charge in [-0.05, 0) is 37.1 Å². The van der Waals surface area contributed by atoms with E-state index in [1.807, 2.05) is 0 Å². The molecule has 0 fully saturated rings. The highest BCUT2D eigenvalue weighted by Crippen LogP contribution is 2.32. The number of carbonyl (C=O) groups excluding carboxylic acids is 2. The fourth-order valence-electron chi connectivity index (χ4n) is 2.96. The Kier molecular flexibility index (Phi) is 7.37. The van der Waals surface area contributed by atoms with E-state index in [0.29, 0.717) is 30.4 Å². The fourth-order valence-corrected chi connectivity index (χ4v) is 4.31. The van der Waals surface area contributed by atoms with Crippen LogP contribution in [0.1, 0.15) is 20.8 Å². The molecule has 2 N–H and O–H groups in total. The molecule has 1 aliphatic heterocycles. The Hall–Kier alpha value is -3.11. The Morgan fingerprint density at radius 1 is 0.969 bits per heavy atom. The van der Waals surface area contributed by atoms with Gasteiger partial charge in [-0.15, -0.1) is 0 Å². The van der Waals surface area contributed by atoms with Crippen LogP contribution in [0.5, 0.6) is 11.5 Å². The number of carbonyl (C=O) groups is 2. The number of hydrogen-bond donors (Lipinski definition) is 2. The van der Waals surface area contributed by atoms with Crippen LogP contribution in [0.15, 0.2) is 53.4 Å². The minimum atomic E-state index is -3.94. The topological polar surface area (TPSA) is 120 Å². The van der Waals surface area contributed by atoms with Crippen LogP contribution in [0, 0.1) is 5.92 Å². The molecule has 2 unspecified atom stereocenters. The van der Waals surface area contributed by atoms with Crippen molar-refractivity contribution >= 4 is 27.6 Å². The van der Waals surface area contributed by atoms with Gasteiger partial charge in [0.1, 0.15) is 19.3 Å². The summed E-state index contributed by atoms with van der Waals surface area (Å²) in [6.45, 7) is 5.64. The third kappa shape index (κ3) is 5.77. The number of ether oxygens (including phenoxy) is 3. The summed E-state index contributed by atoms with van der Waals surface area (Å²) in [5, 5.41) is 2.65. The Morgan fingerprint density at radius 2 is 1.62 bits per heavy atom. The number of amides is 1. The van der Waals surface area contributed by atoms with Gasteiger partial charge in [-0.1, -0.05) is 32.0 Å². The van der Waals surface area contributed by atoms with E-state index in [9.17, 15) is 18.0 Å². The van der Waals surface area contributed by atoms with E-state index >= 15 is 0 Å². The van der Waals surface area contributed by atoms with Gasteiger partial charge in [0.05, 0.1) is 4.90 Å². The van der Waals surface area contributed by atoms with Crippen molar-refractivity contribution in [3.8, 4) is 11.5 Å². The van der Waals surface area contributed by atoms with Gasteiger partial charge in [0.25, 0.3) is 5.91 Å². The molecule has 0 saturated carbocycles. The summed E-state index contributed by atoms with van der Waals surface area (Å²) in [7, 11) is -3.94. The van der Waals surface area contributed by atoms with Crippen molar-refractivity contribution in [3.63, 3.8) is 0 Å². The van der Waals surface area contributed by atoms with Crippen molar-refractivity contribution < 1.29 is 32.2 Å². The van der Waals surface area contributed by atoms with Crippen LogP contribution in [-0.4, -0.2) is 45.7 Å². The Morgan fingerprint density at radius 3 is 2.28 bits per heavy atom. The third-order valence-electron chi connectivity index (χ3n) is 4.73. The summed E-state index contributed by atoms with van der Waals surface area (Å²) in [5.74, 6) is -0.727. The standard InChI is InChI=1S/C22H26N2O7S/c1-14(2)20(24-32(27,28)17-7-5-4-6-8-17)22(26)31-15(3)21(25)23-16-9-10-18-19(13-16)30-12-11-29-18/h4-10,13-15,20,24H,11-12H2,1-3H3,(H,23,25).